The molecule has 0 radical (unpaired) electrons. The molecule has 0 N–H and O–H groups in total. The first-order valence-electron chi connectivity index (χ1n) is 4.11. The minimum atomic E-state index is -0.273. The van der Waals surface area contributed by atoms with Crippen LogP contribution in [0.2, 0.25) is 0 Å². The van der Waals surface area contributed by atoms with Crippen molar-refractivity contribution in [2.75, 3.05) is 6.61 Å². The number of carbonyl (C=O) groups excluding carboxylic acids is 1. The quantitative estimate of drug-likeness (QED) is 0.629. The number of hydrogen-bond acceptors (Lipinski definition) is 3. The normalized spacial score (nSPS) is 10.2. The van der Waals surface area contributed by atoms with Gasteiger partial charge >= 0.3 is 5.97 Å². The van der Waals surface area contributed by atoms with E-state index < -0.39 is 0 Å². The lowest BCUT2D eigenvalue weighted by atomic mass is 10.5. The molecule has 1 heterocycles. The molecule has 4 nitrogen and oxygen atoms in total. The average molecular weight is 326 g/mol. The van der Waals surface area contributed by atoms with Gasteiger partial charge in [0.1, 0.15) is 11.1 Å². The number of hydrogen-bond donors (Lipinski definition) is 0. The van der Waals surface area contributed by atoms with Gasteiger partial charge in [0.2, 0.25) is 0 Å². The van der Waals surface area contributed by atoms with Crippen LogP contribution in [0.3, 0.4) is 0 Å². The van der Waals surface area contributed by atoms with Crippen molar-refractivity contribution < 1.29 is 9.53 Å². The molecule has 0 aromatic carbocycles. The molecule has 0 saturated heterocycles. The van der Waals surface area contributed by atoms with Crippen molar-refractivity contribution in [2.24, 2.45) is 0 Å². The molecule has 1 aromatic heterocycles. The van der Waals surface area contributed by atoms with Gasteiger partial charge in [-0.25, -0.2) is 0 Å². The lowest BCUT2D eigenvalue weighted by Gasteiger charge is -2.04. The zero-order valence-electron chi connectivity index (χ0n) is 7.67. The number of aromatic nitrogens is 2. The Morgan fingerprint density at radius 2 is 2.43 bits per heavy atom. The van der Waals surface area contributed by atoms with Gasteiger partial charge < -0.3 is 4.74 Å². The topological polar surface area (TPSA) is 44.1 Å². The van der Waals surface area contributed by atoms with Gasteiger partial charge in [0.05, 0.1) is 12.3 Å². The van der Waals surface area contributed by atoms with Crippen LogP contribution in [0.5, 0.6) is 0 Å². The van der Waals surface area contributed by atoms with Crippen LogP contribution in [0.15, 0.2) is 10.7 Å². The van der Waals surface area contributed by atoms with Crippen LogP contribution >= 0.6 is 31.9 Å². The van der Waals surface area contributed by atoms with Crippen molar-refractivity contribution in [1.29, 1.82) is 0 Å². The van der Waals surface area contributed by atoms with E-state index in [9.17, 15) is 4.79 Å². The summed E-state index contributed by atoms with van der Waals surface area (Å²) in [5.74, 6) is -0.273. The number of nitrogens with zero attached hydrogens (tertiary/aromatic N) is 2. The zero-order valence-corrected chi connectivity index (χ0v) is 10.8. The van der Waals surface area contributed by atoms with E-state index in [2.05, 4.69) is 37.0 Å². The summed E-state index contributed by atoms with van der Waals surface area (Å²) >= 11 is 6.56. The third kappa shape index (κ3) is 3.09. The molecule has 78 valence electrons. The van der Waals surface area contributed by atoms with Gasteiger partial charge in [-0.05, 0) is 28.9 Å². The highest BCUT2D eigenvalue weighted by atomic mass is 79.9. The van der Waals surface area contributed by atoms with Gasteiger partial charge in [-0.3, -0.25) is 9.48 Å². The summed E-state index contributed by atoms with van der Waals surface area (Å²) in [4.78, 5) is 11.2. The number of halogens is 2. The van der Waals surface area contributed by atoms with Gasteiger partial charge in [0.25, 0.3) is 0 Å². The maximum atomic E-state index is 11.2. The second-order valence-electron chi connectivity index (χ2n) is 2.55. The fourth-order valence-corrected chi connectivity index (χ4v) is 1.90. The highest BCUT2D eigenvalue weighted by Crippen LogP contribution is 2.13. The van der Waals surface area contributed by atoms with E-state index in [1.807, 2.05) is 6.07 Å². The first-order valence-corrected chi connectivity index (χ1v) is 6.02. The Morgan fingerprint density at radius 1 is 1.71 bits per heavy atom. The number of esters is 1. The van der Waals surface area contributed by atoms with E-state index in [0.717, 1.165) is 10.3 Å². The predicted molar refractivity (Wildman–Crippen MR) is 59.2 cm³/mol. The number of rotatable bonds is 4. The summed E-state index contributed by atoms with van der Waals surface area (Å²) in [6.45, 7) is 2.33. The molecule has 0 saturated carbocycles. The molecule has 0 spiro atoms. The summed E-state index contributed by atoms with van der Waals surface area (Å²) in [5, 5.41) is 4.76. The summed E-state index contributed by atoms with van der Waals surface area (Å²) in [6, 6.07) is 1.86. The lowest BCUT2D eigenvalue weighted by Crippen LogP contribution is -2.15. The first kappa shape index (κ1) is 11.7. The van der Waals surface area contributed by atoms with Gasteiger partial charge in [-0.15, -0.1) is 0 Å². The van der Waals surface area contributed by atoms with Crippen molar-refractivity contribution in [2.45, 2.75) is 18.8 Å². The number of alkyl halides is 1. The summed E-state index contributed by atoms with van der Waals surface area (Å²) in [6.07, 6.45) is 0. The van der Waals surface area contributed by atoms with E-state index in [1.54, 1.807) is 11.6 Å². The third-order valence-electron chi connectivity index (χ3n) is 1.55. The van der Waals surface area contributed by atoms with Gasteiger partial charge in [0, 0.05) is 5.33 Å². The molecule has 0 atom stereocenters. The highest BCUT2D eigenvalue weighted by molar-refractivity contribution is 9.10. The number of ether oxygens (including phenoxy) is 1. The molecule has 0 unspecified atom stereocenters. The monoisotopic (exact) mass is 324 g/mol. The molecular formula is C8H10Br2N2O2. The molecule has 1 aromatic rings. The van der Waals surface area contributed by atoms with Crippen LogP contribution in [0.1, 0.15) is 12.6 Å². The number of carbonyl (C=O) groups is 1. The third-order valence-corrected chi connectivity index (χ3v) is 2.52. The standard InChI is InChI=1S/C8H10Br2N2O2/c1-2-14-8(13)5-12-6(4-9)3-7(10)11-12/h3H,2,4-5H2,1H3. The molecular weight excluding hydrogens is 316 g/mol. The van der Waals surface area contributed by atoms with Gasteiger partial charge in [0.15, 0.2) is 0 Å². The zero-order chi connectivity index (χ0) is 10.6. The maximum Gasteiger partial charge on any atom is 0.327 e. The van der Waals surface area contributed by atoms with E-state index in [1.165, 1.54) is 0 Å². The van der Waals surface area contributed by atoms with Crippen LogP contribution in [0.25, 0.3) is 0 Å². The molecule has 0 aliphatic carbocycles. The van der Waals surface area contributed by atoms with Crippen molar-refractivity contribution in [3.63, 3.8) is 0 Å². The smallest absolute Gasteiger partial charge is 0.327 e. The van der Waals surface area contributed by atoms with Crippen LogP contribution in [-0.2, 0) is 21.4 Å². The Bertz CT molecular complexity index is 325. The lowest BCUT2D eigenvalue weighted by molar-refractivity contribution is -0.144. The van der Waals surface area contributed by atoms with Crippen LogP contribution < -0.4 is 0 Å². The fourth-order valence-electron chi connectivity index (χ4n) is 0.994. The van der Waals surface area contributed by atoms with Crippen molar-refractivity contribution in [1.82, 2.24) is 9.78 Å². The molecule has 6 heteroatoms. The largest absolute Gasteiger partial charge is 0.465 e. The summed E-state index contributed by atoms with van der Waals surface area (Å²) in [5.41, 5.74) is 0.935. The van der Waals surface area contributed by atoms with Crippen LogP contribution in [0.4, 0.5) is 0 Å². The van der Waals surface area contributed by atoms with Crippen molar-refractivity contribution >= 4 is 37.8 Å². The molecule has 0 fully saturated rings. The minimum Gasteiger partial charge on any atom is -0.465 e. The van der Waals surface area contributed by atoms with Gasteiger partial charge in [-0.1, -0.05) is 15.9 Å². The maximum absolute atomic E-state index is 11.2. The second kappa shape index (κ2) is 5.50. The Morgan fingerprint density at radius 3 is 3.00 bits per heavy atom. The second-order valence-corrected chi connectivity index (χ2v) is 3.93. The highest BCUT2D eigenvalue weighted by Gasteiger charge is 2.09. The Hall–Kier alpha value is -0.360. The summed E-state index contributed by atoms with van der Waals surface area (Å²) < 4.78 is 7.15. The first-order chi connectivity index (χ1) is 6.67. The molecule has 14 heavy (non-hydrogen) atoms. The van der Waals surface area contributed by atoms with E-state index in [4.69, 9.17) is 4.74 Å². The van der Waals surface area contributed by atoms with Crippen molar-refractivity contribution in [3.05, 3.63) is 16.4 Å². The van der Waals surface area contributed by atoms with E-state index in [0.29, 0.717) is 11.9 Å². The SMILES string of the molecule is CCOC(=O)Cn1nc(Br)cc1CBr. The van der Waals surface area contributed by atoms with Gasteiger partial charge in [-0.2, -0.15) is 5.10 Å². The van der Waals surface area contributed by atoms with Crippen molar-refractivity contribution in [3.8, 4) is 0 Å². The van der Waals surface area contributed by atoms with E-state index >= 15 is 0 Å². The molecule has 0 aliphatic rings. The van der Waals surface area contributed by atoms with Crippen LogP contribution in [0, 0.1) is 0 Å². The molecule has 0 bridgehead atoms. The van der Waals surface area contributed by atoms with E-state index in [-0.39, 0.29) is 12.5 Å². The fraction of sp³-hybridized carbons (Fsp3) is 0.500. The Labute approximate surface area is 98.9 Å². The van der Waals surface area contributed by atoms with Crippen LogP contribution in [-0.4, -0.2) is 22.4 Å². The predicted octanol–water partition coefficient (Wildman–Crippen LogP) is 2.10. The Balaban J connectivity index is 2.70. The minimum absolute atomic E-state index is 0.153. The Kier molecular flexibility index (Phi) is 4.60. The molecule has 0 amide bonds. The molecule has 0 aliphatic heterocycles. The summed E-state index contributed by atoms with van der Waals surface area (Å²) in [7, 11) is 0. The molecule has 1 rings (SSSR count). The average Bonchev–Trinajstić information content (AvgIpc) is 2.46.